The van der Waals surface area contributed by atoms with Crippen LogP contribution in [0.4, 0.5) is 4.39 Å². The van der Waals surface area contributed by atoms with E-state index in [0.717, 1.165) is 0 Å². The molecule has 1 saturated heterocycles. The molecule has 1 atom stereocenters. The molecule has 1 aliphatic heterocycles. The van der Waals surface area contributed by atoms with Gasteiger partial charge in [-0.3, -0.25) is 9.69 Å². The van der Waals surface area contributed by atoms with Gasteiger partial charge in [-0.25, -0.2) is 4.39 Å². The molecule has 104 valence electrons. The Morgan fingerprint density at radius 1 is 1.58 bits per heavy atom. The number of halogens is 2. The van der Waals surface area contributed by atoms with Gasteiger partial charge in [-0.2, -0.15) is 0 Å². The standard InChI is InChI=1S/C14H17BrFNO2/c1-2-14(13(18)19)5-6-17(9-14)8-10-3-4-11(15)7-12(10)16/h3-4,7H,2,5-6,8-9H2,1H3,(H,18,19). The van der Waals surface area contributed by atoms with Crippen molar-refractivity contribution in [1.82, 2.24) is 4.90 Å². The lowest BCUT2D eigenvalue weighted by Crippen LogP contribution is -2.34. The Hall–Kier alpha value is -0.940. The third-order valence-electron chi connectivity index (χ3n) is 3.97. The van der Waals surface area contributed by atoms with Crippen LogP contribution >= 0.6 is 15.9 Å². The third-order valence-corrected chi connectivity index (χ3v) is 4.47. The molecule has 0 aliphatic carbocycles. The molecule has 0 amide bonds. The first-order valence-corrected chi connectivity index (χ1v) is 7.16. The third kappa shape index (κ3) is 2.98. The highest BCUT2D eigenvalue weighted by Crippen LogP contribution is 2.35. The summed E-state index contributed by atoms with van der Waals surface area (Å²) in [4.78, 5) is 13.4. The molecule has 0 saturated carbocycles. The minimum atomic E-state index is -0.742. The monoisotopic (exact) mass is 329 g/mol. The molecule has 2 rings (SSSR count). The zero-order valence-electron chi connectivity index (χ0n) is 10.8. The first-order chi connectivity index (χ1) is 8.97. The first kappa shape index (κ1) is 14.5. The van der Waals surface area contributed by atoms with E-state index in [2.05, 4.69) is 15.9 Å². The highest BCUT2D eigenvalue weighted by molar-refractivity contribution is 9.10. The summed E-state index contributed by atoms with van der Waals surface area (Å²) in [6.45, 7) is 3.57. The molecule has 1 aromatic carbocycles. The number of hydrogen-bond donors (Lipinski definition) is 1. The molecule has 0 bridgehead atoms. The van der Waals surface area contributed by atoms with Crippen LogP contribution in [0.25, 0.3) is 0 Å². The second-order valence-corrected chi connectivity index (χ2v) is 6.05. The fraction of sp³-hybridized carbons (Fsp3) is 0.500. The first-order valence-electron chi connectivity index (χ1n) is 6.36. The smallest absolute Gasteiger partial charge is 0.310 e. The van der Waals surface area contributed by atoms with Gasteiger partial charge in [0.05, 0.1) is 5.41 Å². The van der Waals surface area contributed by atoms with Crippen LogP contribution < -0.4 is 0 Å². The van der Waals surface area contributed by atoms with Crippen molar-refractivity contribution < 1.29 is 14.3 Å². The van der Waals surface area contributed by atoms with Crippen LogP contribution in [0, 0.1) is 11.2 Å². The van der Waals surface area contributed by atoms with Crippen molar-refractivity contribution in [3.05, 3.63) is 34.1 Å². The molecule has 5 heteroatoms. The van der Waals surface area contributed by atoms with Crippen LogP contribution in [0.15, 0.2) is 22.7 Å². The largest absolute Gasteiger partial charge is 0.481 e. The van der Waals surface area contributed by atoms with Crippen molar-refractivity contribution in [1.29, 1.82) is 0 Å². The number of carbonyl (C=O) groups is 1. The molecule has 0 spiro atoms. The summed E-state index contributed by atoms with van der Waals surface area (Å²) in [6.07, 6.45) is 1.25. The zero-order chi connectivity index (χ0) is 14.0. The molecule has 1 unspecified atom stereocenters. The van der Waals surface area contributed by atoms with E-state index in [1.807, 2.05) is 11.8 Å². The van der Waals surface area contributed by atoms with E-state index in [1.165, 1.54) is 6.07 Å². The molecular formula is C14H17BrFNO2. The average Bonchev–Trinajstić information content (AvgIpc) is 2.77. The lowest BCUT2D eigenvalue weighted by molar-refractivity contribution is -0.148. The molecule has 0 radical (unpaired) electrons. The van der Waals surface area contributed by atoms with Gasteiger partial charge in [-0.05, 0) is 31.5 Å². The molecule has 3 nitrogen and oxygen atoms in total. The minimum absolute atomic E-state index is 0.251. The Labute approximate surface area is 120 Å². The molecule has 19 heavy (non-hydrogen) atoms. The fourth-order valence-electron chi connectivity index (χ4n) is 2.60. The number of benzene rings is 1. The van der Waals surface area contributed by atoms with Gasteiger partial charge < -0.3 is 5.11 Å². The number of hydrogen-bond acceptors (Lipinski definition) is 2. The van der Waals surface area contributed by atoms with Gasteiger partial charge in [0.15, 0.2) is 0 Å². The summed E-state index contributed by atoms with van der Waals surface area (Å²) in [5, 5.41) is 9.33. The van der Waals surface area contributed by atoms with E-state index in [9.17, 15) is 14.3 Å². The van der Waals surface area contributed by atoms with Crippen LogP contribution in [0.3, 0.4) is 0 Å². The summed E-state index contributed by atoms with van der Waals surface area (Å²) >= 11 is 3.23. The summed E-state index contributed by atoms with van der Waals surface area (Å²) in [5.74, 6) is -0.993. The van der Waals surface area contributed by atoms with Crippen molar-refractivity contribution in [3.8, 4) is 0 Å². The minimum Gasteiger partial charge on any atom is -0.481 e. The van der Waals surface area contributed by atoms with Gasteiger partial charge in [-0.15, -0.1) is 0 Å². The second-order valence-electron chi connectivity index (χ2n) is 5.14. The van der Waals surface area contributed by atoms with Gasteiger partial charge in [0, 0.05) is 23.1 Å². The molecule has 1 aromatic rings. The molecule has 0 aromatic heterocycles. The highest BCUT2D eigenvalue weighted by Gasteiger charge is 2.43. The highest BCUT2D eigenvalue weighted by atomic mass is 79.9. The van der Waals surface area contributed by atoms with Gasteiger partial charge in [0.2, 0.25) is 0 Å². The predicted octanol–water partition coefficient (Wildman–Crippen LogP) is 3.27. The van der Waals surface area contributed by atoms with Gasteiger partial charge >= 0.3 is 5.97 Å². The van der Waals surface area contributed by atoms with E-state index >= 15 is 0 Å². The molecular weight excluding hydrogens is 313 g/mol. The average molecular weight is 330 g/mol. The Kier molecular flexibility index (Phi) is 4.26. The van der Waals surface area contributed by atoms with Crippen LogP contribution in [0.5, 0.6) is 0 Å². The maximum Gasteiger partial charge on any atom is 0.310 e. The van der Waals surface area contributed by atoms with Crippen molar-refractivity contribution in [3.63, 3.8) is 0 Å². The van der Waals surface area contributed by atoms with E-state index in [1.54, 1.807) is 12.1 Å². The van der Waals surface area contributed by atoms with Crippen LogP contribution in [-0.2, 0) is 11.3 Å². The number of carboxylic acids is 1. The SMILES string of the molecule is CCC1(C(=O)O)CCN(Cc2ccc(Br)cc2F)C1. The zero-order valence-corrected chi connectivity index (χ0v) is 12.4. The Morgan fingerprint density at radius 3 is 2.84 bits per heavy atom. The van der Waals surface area contributed by atoms with Crippen molar-refractivity contribution in [2.45, 2.75) is 26.3 Å². The normalized spacial score (nSPS) is 23.7. The summed E-state index contributed by atoms with van der Waals surface area (Å²) in [7, 11) is 0. The number of rotatable bonds is 4. The van der Waals surface area contributed by atoms with Crippen molar-refractivity contribution in [2.75, 3.05) is 13.1 Å². The van der Waals surface area contributed by atoms with Crippen LogP contribution in [0.1, 0.15) is 25.3 Å². The quantitative estimate of drug-likeness (QED) is 0.921. The number of aliphatic carboxylic acids is 1. The van der Waals surface area contributed by atoms with Crippen LogP contribution in [-0.4, -0.2) is 29.1 Å². The summed E-state index contributed by atoms with van der Waals surface area (Å²) < 4.78 is 14.5. The molecule has 1 fully saturated rings. The number of likely N-dealkylation sites (tertiary alicyclic amines) is 1. The van der Waals surface area contributed by atoms with Crippen molar-refractivity contribution in [2.24, 2.45) is 5.41 Å². The Balaban J connectivity index is 2.08. The Morgan fingerprint density at radius 2 is 2.32 bits per heavy atom. The van der Waals surface area contributed by atoms with E-state index in [-0.39, 0.29) is 5.82 Å². The van der Waals surface area contributed by atoms with Gasteiger partial charge in [0.1, 0.15) is 5.82 Å². The second kappa shape index (κ2) is 5.59. The van der Waals surface area contributed by atoms with E-state index in [0.29, 0.717) is 42.5 Å². The van der Waals surface area contributed by atoms with Gasteiger partial charge in [0.25, 0.3) is 0 Å². The van der Waals surface area contributed by atoms with Crippen LogP contribution in [0.2, 0.25) is 0 Å². The number of carboxylic acid groups (broad SMARTS) is 1. The maximum atomic E-state index is 13.8. The summed E-state index contributed by atoms with van der Waals surface area (Å²) in [5.41, 5.74) is -0.0493. The lowest BCUT2D eigenvalue weighted by Gasteiger charge is -2.23. The topological polar surface area (TPSA) is 40.5 Å². The van der Waals surface area contributed by atoms with E-state index < -0.39 is 11.4 Å². The van der Waals surface area contributed by atoms with Crippen molar-refractivity contribution >= 4 is 21.9 Å². The molecule has 1 aliphatic rings. The molecule has 1 N–H and O–H groups in total. The summed E-state index contributed by atoms with van der Waals surface area (Å²) in [6, 6.07) is 4.99. The van der Waals surface area contributed by atoms with E-state index in [4.69, 9.17) is 0 Å². The Bertz CT molecular complexity index is 494. The number of nitrogens with zero attached hydrogens (tertiary/aromatic N) is 1. The van der Waals surface area contributed by atoms with Gasteiger partial charge in [-0.1, -0.05) is 28.9 Å². The predicted molar refractivity (Wildman–Crippen MR) is 74.4 cm³/mol. The lowest BCUT2D eigenvalue weighted by atomic mass is 9.84. The maximum absolute atomic E-state index is 13.8. The fourth-order valence-corrected chi connectivity index (χ4v) is 2.93. The molecule has 1 heterocycles.